The third-order valence-electron chi connectivity index (χ3n) is 5.00. The van der Waals surface area contributed by atoms with Crippen LogP contribution in [0.5, 0.6) is 5.75 Å². The summed E-state index contributed by atoms with van der Waals surface area (Å²) >= 11 is 0. The summed E-state index contributed by atoms with van der Waals surface area (Å²) in [6.07, 6.45) is 4.18. The number of amides is 3. The summed E-state index contributed by atoms with van der Waals surface area (Å²) in [5.74, 6) is -1.06. The number of hydrogen-bond acceptors (Lipinski definition) is 6. The van der Waals surface area contributed by atoms with Gasteiger partial charge in [-0.1, -0.05) is 18.2 Å². The van der Waals surface area contributed by atoms with Crippen molar-refractivity contribution in [2.75, 3.05) is 25.4 Å². The van der Waals surface area contributed by atoms with E-state index in [-0.39, 0.29) is 55.5 Å². The van der Waals surface area contributed by atoms with E-state index in [1.165, 1.54) is 11.0 Å². The van der Waals surface area contributed by atoms with E-state index in [2.05, 4.69) is 10.0 Å². The van der Waals surface area contributed by atoms with Crippen molar-refractivity contribution in [3.8, 4) is 5.75 Å². The highest BCUT2D eigenvalue weighted by atomic mass is 32.2. The van der Waals surface area contributed by atoms with E-state index in [0.717, 1.165) is 5.56 Å². The van der Waals surface area contributed by atoms with Gasteiger partial charge < -0.3 is 14.7 Å². The van der Waals surface area contributed by atoms with Crippen LogP contribution in [0, 0.1) is 5.82 Å². The van der Waals surface area contributed by atoms with Crippen molar-refractivity contribution in [2.45, 2.75) is 44.2 Å². The highest BCUT2D eigenvalue weighted by Crippen LogP contribution is 2.42. The molecule has 0 bridgehead atoms. The molecule has 1 aliphatic carbocycles. The second kappa shape index (κ2) is 9.55. The Morgan fingerprint density at radius 1 is 1.34 bits per heavy atom. The van der Waals surface area contributed by atoms with Crippen molar-refractivity contribution in [1.82, 2.24) is 14.9 Å². The molecule has 2 fully saturated rings. The molecule has 1 heterocycles. The summed E-state index contributed by atoms with van der Waals surface area (Å²) in [6.45, 7) is 3.28. The predicted octanol–water partition coefficient (Wildman–Crippen LogP) is 1.25. The normalized spacial score (nSPS) is 21.3. The van der Waals surface area contributed by atoms with Gasteiger partial charge in [0.2, 0.25) is 15.9 Å². The third kappa shape index (κ3) is 7.01. The van der Waals surface area contributed by atoms with Gasteiger partial charge in [-0.05, 0) is 44.4 Å². The summed E-state index contributed by atoms with van der Waals surface area (Å²) < 4.78 is 46.7. The number of ether oxygens (including phenoxy) is 1. The molecule has 2 atom stereocenters. The lowest BCUT2D eigenvalue weighted by molar-refractivity contribution is -0.118. The largest absolute Gasteiger partial charge is 0.488 e. The lowest BCUT2D eigenvalue weighted by Crippen LogP contribution is -2.29. The molecule has 0 spiro atoms. The van der Waals surface area contributed by atoms with Gasteiger partial charge in [0, 0.05) is 18.5 Å². The first-order valence-corrected chi connectivity index (χ1v) is 12.0. The van der Waals surface area contributed by atoms with Crippen molar-refractivity contribution in [3.05, 3.63) is 41.7 Å². The number of nitrogens with zero attached hydrogens (tertiary/aromatic N) is 1. The SMILES string of the molecule is CC(C)(O)COc1cc(C2CC2NS(=O)(=O)CC/C=C/CN2CC(=O)NC2=O)ccc1F. The van der Waals surface area contributed by atoms with E-state index < -0.39 is 27.5 Å². The fourth-order valence-corrected chi connectivity index (χ4v) is 4.56. The zero-order chi connectivity index (χ0) is 23.5. The summed E-state index contributed by atoms with van der Waals surface area (Å²) in [5, 5.41) is 11.9. The molecule has 1 aromatic rings. The van der Waals surface area contributed by atoms with Gasteiger partial charge >= 0.3 is 6.03 Å². The summed E-state index contributed by atoms with van der Waals surface area (Å²) in [7, 11) is -3.51. The number of rotatable bonds is 11. The molecule has 0 radical (unpaired) electrons. The zero-order valence-corrected chi connectivity index (χ0v) is 18.8. The van der Waals surface area contributed by atoms with Gasteiger partial charge in [0.05, 0.1) is 11.4 Å². The van der Waals surface area contributed by atoms with Gasteiger partial charge in [-0.25, -0.2) is 22.3 Å². The Hall–Kier alpha value is -2.50. The quantitative estimate of drug-likeness (QED) is 0.331. The van der Waals surface area contributed by atoms with Crippen LogP contribution in [-0.2, 0) is 14.8 Å². The Balaban J connectivity index is 1.45. The van der Waals surface area contributed by atoms with Crippen molar-refractivity contribution < 1.29 is 32.2 Å². The number of hydrogen-bond donors (Lipinski definition) is 3. The number of nitrogens with one attached hydrogen (secondary N) is 2. The lowest BCUT2D eigenvalue weighted by atomic mass is 10.1. The third-order valence-corrected chi connectivity index (χ3v) is 6.43. The molecule has 3 rings (SSSR count). The van der Waals surface area contributed by atoms with Crippen LogP contribution in [-0.4, -0.2) is 67.5 Å². The summed E-state index contributed by atoms with van der Waals surface area (Å²) in [5.41, 5.74) is -0.337. The molecule has 1 saturated heterocycles. The number of carbonyl (C=O) groups is 2. The Labute approximate surface area is 186 Å². The zero-order valence-electron chi connectivity index (χ0n) is 18.0. The number of halogens is 1. The molecule has 1 aromatic carbocycles. The Morgan fingerprint density at radius 3 is 2.75 bits per heavy atom. The van der Waals surface area contributed by atoms with E-state index in [0.29, 0.717) is 6.42 Å². The number of allylic oxidation sites excluding steroid dienone is 1. The molecule has 3 N–H and O–H groups in total. The van der Waals surface area contributed by atoms with Crippen molar-refractivity contribution in [3.63, 3.8) is 0 Å². The molecule has 2 unspecified atom stereocenters. The Morgan fingerprint density at radius 2 is 2.09 bits per heavy atom. The average Bonchev–Trinajstić information content (AvgIpc) is 3.35. The minimum atomic E-state index is -3.51. The van der Waals surface area contributed by atoms with E-state index in [9.17, 15) is 27.5 Å². The van der Waals surface area contributed by atoms with E-state index in [4.69, 9.17) is 4.74 Å². The van der Waals surface area contributed by atoms with Crippen LogP contribution < -0.4 is 14.8 Å². The van der Waals surface area contributed by atoms with Crippen molar-refractivity contribution in [2.24, 2.45) is 0 Å². The molecule has 3 amide bonds. The second-order valence-electron chi connectivity index (χ2n) is 8.67. The van der Waals surface area contributed by atoms with Gasteiger partial charge in [-0.3, -0.25) is 10.1 Å². The first-order chi connectivity index (χ1) is 14.9. The molecular weight excluding hydrogens is 441 g/mol. The molecular formula is C21H28FN3O6S. The van der Waals surface area contributed by atoms with Crippen LogP contribution in [0.25, 0.3) is 0 Å². The topological polar surface area (TPSA) is 125 Å². The van der Waals surface area contributed by atoms with Gasteiger partial charge in [-0.2, -0.15) is 0 Å². The highest BCUT2D eigenvalue weighted by Gasteiger charge is 2.41. The van der Waals surface area contributed by atoms with Gasteiger partial charge in [0.1, 0.15) is 13.2 Å². The maximum Gasteiger partial charge on any atom is 0.324 e. The smallest absolute Gasteiger partial charge is 0.324 e. The maximum atomic E-state index is 14.0. The summed E-state index contributed by atoms with van der Waals surface area (Å²) in [6, 6.07) is 3.70. The van der Waals surface area contributed by atoms with Crippen molar-refractivity contribution in [1.29, 1.82) is 0 Å². The monoisotopic (exact) mass is 469 g/mol. The van der Waals surface area contributed by atoms with Crippen LogP contribution in [0.15, 0.2) is 30.4 Å². The molecule has 2 aliphatic rings. The van der Waals surface area contributed by atoms with Crippen LogP contribution in [0.1, 0.15) is 38.2 Å². The number of benzene rings is 1. The minimum absolute atomic E-state index is 0.00000333. The first-order valence-electron chi connectivity index (χ1n) is 10.3. The number of carbonyl (C=O) groups excluding carboxylic acids is 2. The number of sulfonamides is 1. The molecule has 1 aliphatic heterocycles. The van der Waals surface area contributed by atoms with E-state index in [1.807, 2.05) is 0 Å². The fraction of sp³-hybridized carbons (Fsp3) is 0.524. The maximum absolute atomic E-state index is 14.0. The van der Waals surface area contributed by atoms with Crippen LogP contribution >= 0.6 is 0 Å². The minimum Gasteiger partial charge on any atom is -0.488 e. The van der Waals surface area contributed by atoms with Crippen molar-refractivity contribution >= 4 is 22.0 Å². The molecule has 176 valence electrons. The first kappa shape index (κ1) is 24.1. The Bertz CT molecular complexity index is 1010. The molecule has 1 saturated carbocycles. The van der Waals surface area contributed by atoms with Gasteiger partial charge in [-0.15, -0.1) is 0 Å². The lowest BCUT2D eigenvalue weighted by Gasteiger charge is -2.18. The van der Waals surface area contributed by atoms with Gasteiger partial charge in [0.25, 0.3) is 0 Å². The van der Waals surface area contributed by atoms with E-state index >= 15 is 0 Å². The molecule has 11 heteroatoms. The standard InChI is InChI=1S/C21H28FN3O6S/c1-21(2,28)13-31-18-10-14(6-7-16(18)22)15-11-17(15)24-32(29,30)9-5-3-4-8-25-12-19(26)23-20(25)27/h3-4,6-7,10,15,17,24,28H,5,8-9,11-13H2,1-2H3,(H,23,26,27)/b4-3+. The van der Waals surface area contributed by atoms with E-state index in [1.54, 1.807) is 38.1 Å². The molecule has 9 nitrogen and oxygen atoms in total. The van der Waals surface area contributed by atoms with Crippen LogP contribution in [0.3, 0.4) is 0 Å². The molecule has 0 aromatic heterocycles. The second-order valence-corrected chi connectivity index (χ2v) is 10.5. The number of aliphatic hydroxyl groups is 1. The number of imide groups is 1. The van der Waals surface area contributed by atoms with Crippen LogP contribution in [0.4, 0.5) is 9.18 Å². The molecule has 32 heavy (non-hydrogen) atoms. The Kier molecular flexibility index (Phi) is 7.21. The van der Waals surface area contributed by atoms with Gasteiger partial charge in [0.15, 0.2) is 11.6 Å². The predicted molar refractivity (Wildman–Crippen MR) is 115 cm³/mol. The number of urea groups is 1. The summed E-state index contributed by atoms with van der Waals surface area (Å²) in [4.78, 5) is 23.8. The highest BCUT2D eigenvalue weighted by molar-refractivity contribution is 7.89. The average molecular weight is 470 g/mol. The fourth-order valence-electron chi connectivity index (χ4n) is 3.27. The van der Waals surface area contributed by atoms with Crippen LogP contribution in [0.2, 0.25) is 0 Å².